The van der Waals surface area contributed by atoms with Crippen molar-refractivity contribution in [2.24, 2.45) is 5.92 Å². The molecule has 0 unspecified atom stereocenters. The van der Waals surface area contributed by atoms with E-state index in [-0.39, 0.29) is 0 Å². The van der Waals surface area contributed by atoms with Gasteiger partial charge in [-0.1, -0.05) is 82.1 Å². The van der Waals surface area contributed by atoms with E-state index in [0.717, 1.165) is 11.2 Å². The van der Waals surface area contributed by atoms with Crippen molar-refractivity contribution in [3.8, 4) is 0 Å². The Hall–Kier alpha value is 0.480. The first-order chi connectivity index (χ1) is 6.35. The zero-order valence-electron chi connectivity index (χ0n) is 9.91. The van der Waals surface area contributed by atoms with E-state index in [2.05, 4.69) is 22.9 Å². The van der Waals surface area contributed by atoms with Crippen LogP contribution in [0.2, 0.25) is 0 Å². The third-order valence-corrected chi connectivity index (χ3v) is 2.30. The summed E-state index contributed by atoms with van der Waals surface area (Å²) < 4.78 is 0. The molecule has 0 aromatic rings. The fourth-order valence-electron chi connectivity index (χ4n) is 1.60. The number of hydrogen-bond acceptors (Lipinski definition) is 0. The molecule has 0 aromatic carbocycles. The SMILES string of the molecule is CC.CCBr.CCC1CCCCC1. The van der Waals surface area contributed by atoms with Gasteiger partial charge in [0.1, 0.15) is 0 Å². The van der Waals surface area contributed by atoms with Crippen molar-refractivity contribution in [3.63, 3.8) is 0 Å². The highest BCUT2D eigenvalue weighted by molar-refractivity contribution is 9.09. The summed E-state index contributed by atoms with van der Waals surface area (Å²) in [6, 6.07) is 0. The van der Waals surface area contributed by atoms with Gasteiger partial charge in [0.15, 0.2) is 0 Å². The average Bonchev–Trinajstić information content (AvgIpc) is 2.23. The molecule has 1 aliphatic carbocycles. The summed E-state index contributed by atoms with van der Waals surface area (Å²) in [5.41, 5.74) is 0. The second kappa shape index (κ2) is 15.0. The van der Waals surface area contributed by atoms with E-state index < -0.39 is 0 Å². The van der Waals surface area contributed by atoms with Gasteiger partial charge in [-0.05, 0) is 5.92 Å². The Morgan fingerprint density at radius 1 is 1.00 bits per heavy atom. The lowest BCUT2D eigenvalue weighted by Crippen LogP contribution is -2.03. The Labute approximate surface area is 93.6 Å². The van der Waals surface area contributed by atoms with Crippen LogP contribution in [-0.2, 0) is 0 Å². The Morgan fingerprint density at radius 3 is 1.62 bits per heavy atom. The summed E-state index contributed by atoms with van der Waals surface area (Å²) in [6.45, 7) is 8.36. The van der Waals surface area contributed by atoms with Crippen LogP contribution in [0, 0.1) is 5.92 Å². The van der Waals surface area contributed by atoms with Gasteiger partial charge in [0.05, 0.1) is 0 Å². The summed E-state index contributed by atoms with van der Waals surface area (Å²) in [5.74, 6) is 1.09. The first-order valence-electron chi connectivity index (χ1n) is 5.91. The molecule has 1 heteroatoms. The molecule has 0 nitrogen and oxygen atoms in total. The molecule has 82 valence electrons. The summed E-state index contributed by atoms with van der Waals surface area (Å²) in [7, 11) is 0. The molecule has 0 radical (unpaired) electrons. The standard InChI is InChI=1S/C8H16.C2H5Br.C2H6/c1-2-8-6-4-3-5-7-8;1-2-3;1-2/h8H,2-7H2,1H3;2H2,1H3;1-2H3. The molecule has 1 saturated carbocycles. The minimum atomic E-state index is 1.06. The smallest absolute Gasteiger partial charge is 0.000281 e. The van der Waals surface area contributed by atoms with Crippen LogP contribution < -0.4 is 0 Å². The second-order valence-electron chi connectivity index (χ2n) is 3.18. The maximum Gasteiger partial charge on any atom is 0.000281 e. The van der Waals surface area contributed by atoms with Gasteiger partial charge in [-0.25, -0.2) is 0 Å². The number of halogens is 1. The molecule has 0 atom stereocenters. The minimum Gasteiger partial charge on any atom is -0.0931 e. The van der Waals surface area contributed by atoms with Gasteiger partial charge in [0, 0.05) is 5.33 Å². The molecule has 0 bridgehead atoms. The fraction of sp³-hybridized carbons (Fsp3) is 1.00. The molecule has 0 saturated heterocycles. The predicted octanol–water partition coefficient (Wildman–Crippen LogP) is 5.40. The molecular formula is C12H27Br. The molecule has 0 aliphatic heterocycles. The first kappa shape index (κ1) is 15.9. The summed E-state index contributed by atoms with van der Waals surface area (Å²) in [5, 5.41) is 1.06. The average molecular weight is 251 g/mol. The van der Waals surface area contributed by atoms with Crippen LogP contribution in [0.5, 0.6) is 0 Å². The van der Waals surface area contributed by atoms with Crippen molar-refractivity contribution in [2.75, 3.05) is 5.33 Å². The van der Waals surface area contributed by atoms with Crippen molar-refractivity contribution in [2.45, 2.75) is 66.2 Å². The van der Waals surface area contributed by atoms with Crippen molar-refractivity contribution >= 4 is 15.9 Å². The van der Waals surface area contributed by atoms with Crippen molar-refractivity contribution in [1.82, 2.24) is 0 Å². The quantitative estimate of drug-likeness (QED) is 0.547. The van der Waals surface area contributed by atoms with E-state index in [1.54, 1.807) is 0 Å². The van der Waals surface area contributed by atoms with Crippen molar-refractivity contribution in [1.29, 1.82) is 0 Å². The van der Waals surface area contributed by atoms with Gasteiger partial charge in [-0.3, -0.25) is 0 Å². The molecule has 0 amide bonds. The van der Waals surface area contributed by atoms with Crippen LogP contribution in [0.3, 0.4) is 0 Å². The normalized spacial score (nSPS) is 16.4. The minimum absolute atomic E-state index is 1.06. The van der Waals surface area contributed by atoms with Crippen molar-refractivity contribution in [3.05, 3.63) is 0 Å². The lowest BCUT2D eigenvalue weighted by atomic mass is 9.88. The van der Waals surface area contributed by atoms with E-state index in [1.165, 1.54) is 38.5 Å². The maximum atomic E-state index is 3.15. The van der Waals surface area contributed by atoms with Crippen LogP contribution in [0.25, 0.3) is 0 Å². The first-order valence-corrected chi connectivity index (χ1v) is 7.03. The van der Waals surface area contributed by atoms with E-state index in [4.69, 9.17) is 0 Å². The van der Waals surface area contributed by atoms with Crippen LogP contribution >= 0.6 is 15.9 Å². The largest absolute Gasteiger partial charge is 0.0931 e. The zero-order chi connectivity index (χ0) is 10.5. The second-order valence-corrected chi connectivity index (χ2v) is 4.30. The van der Waals surface area contributed by atoms with Gasteiger partial charge < -0.3 is 0 Å². The van der Waals surface area contributed by atoms with Gasteiger partial charge in [-0.15, -0.1) is 0 Å². The summed E-state index contributed by atoms with van der Waals surface area (Å²) in [6.07, 6.45) is 8.93. The molecular weight excluding hydrogens is 224 g/mol. The van der Waals surface area contributed by atoms with Crippen molar-refractivity contribution < 1.29 is 0 Å². The highest BCUT2D eigenvalue weighted by Gasteiger charge is 2.09. The molecule has 1 rings (SSSR count). The predicted molar refractivity (Wildman–Crippen MR) is 67.7 cm³/mol. The maximum absolute atomic E-state index is 3.15. The lowest BCUT2D eigenvalue weighted by Gasteiger charge is -2.18. The lowest BCUT2D eigenvalue weighted by molar-refractivity contribution is 0.349. The number of rotatable bonds is 1. The molecule has 1 fully saturated rings. The van der Waals surface area contributed by atoms with Gasteiger partial charge in [0.25, 0.3) is 0 Å². The molecule has 0 heterocycles. The number of hydrogen-bond donors (Lipinski definition) is 0. The summed E-state index contributed by atoms with van der Waals surface area (Å²) >= 11 is 3.15. The molecule has 0 aromatic heterocycles. The van der Waals surface area contributed by atoms with Crippen LogP contribution in [-0.4, -0.2) is 5.33 Å². The van der Waals surface area contributed by atoms with Crippen LogP contribution in [0.4, 0.5) is 0 Å². The van der Waals surface area contributed by atoms with E-state index in [0.29, 0.717) is 0 Å². The fourth-order valence-corrected chi connectivity index (χ4v) is 1.60. The molecule has 0 N–H and O–H groups in total. The third kappa shape index (κ3) is 12.5. The van der Waals surface area contributed by atoms with Gasteiger partial charge in [-0.2, -0.15) is 0 Å². The third-order valence-electron chi connectivity index (χ3n) is 2.30. The van der Waals surface area contributed by atoms with Gasteiger partial charge in [0.2, 0.25) is 0 Å². The van der Waals surface area contributed by atoms with E-state index in [1.807, 2.05) is 20.8 Å². The van der Waals surface area contributed by atoms with E-state index >= 15 is 0 Å². The Balaban J connectivity index is 0. The molecule has 13 heavy (non-hydrogen) atoms. The Bertz CT molecular complexity index is 65.5. The highest BCUT2D eigenvalue weighted by atomic mass is 79.9. The Kier molecular flexibility index (Phi) is 18.4. The molecule has 0 spiro atoms. The Morgan fingerprint density at radius 2 is 1.38 bits per heavy atom. The monoisotopic (exact) mass is 250 g/mol. The summed E-state index contributed by atoms with van der Waals surface area (Å²) in [4.78, 5) is 0. The zero-order valence-corrected chi connectivity index (χ0v) is 11.5. The molecule has 1 aliphatic rings. The highest BCUT2D eigenvalue weighted by Crippen LogP contribution is 2.25. The topological polar surface area (TPSA) is 0 Å². The van der Waals surface area contributed by atoms with Crippen LogP contribution in [0.15, 0.2) is 0 Å². The van der Waals surface area contributed by atoms with E-state index in [9.17, 15) is 0 Å². The van der Waals surface area contributed by atoms with Gasteiger partial charge >= 0.3 is 0 Å². The number of alkyl halides is 1. The van der Waals surface area contributed by atoms with Crippen LogP contribution in [0.1, 0.15) is 66.2 Å².